The van der Waals surface area contributed by atoms with E-state index in [0.29, 0.717) is 6.04 Å². The molecule has 106 valence electrons. The first-order valence-electron chi connectivity index (χ1n) is 7.58. The quantitative estimate of drug-likeness (QED) is 0.665. The van der Waals surface area contributed by atoms with E-state index in [4.69, 9.17) is 0 Å². The fraction of sp³-hybridized carbons (Fsp3) is 0.867. The lowest BCUT2D eigenvalue weighted by Crippen LogP contribution is -2.53. The number of hydrogen-bond acceptors (Lipinski definition) is 4. The van der Waals surface area contributed by atoms with Crippen molar-refractivity contribution < 1.29 is 0 Å². The summed E-state index contributed by atoms with van der Waals surface area (Å²) in [5.74, 6) is 1.35. The molecule has 0 N–H and O–H groups in total. The SMILES string of the molecule is CN1CC2=C(C1)C(C1SCC3CCC1N3C)N(C)C2. The molecule has 19 heavy (non-hydrogen) atoms. The van der Waals surface area contributed by atoms with Gasteiger partial charge in [0.1, 0.15) is 0 Å². The molecule has 0 amide bonds. The van der Waals surface area contributed by atoms with Gasteiger partial charge < -0.3 is 0 Å². The molecule has 3 nitrogen and oxygen atoms in total. The van der Waals surface area contributed by atoms with Crippen LogP contribution in [0.3, 0.4) is 0 Å². The molecule has 4 rings (SSSR count). The second-order valence-electron chi connectivity index (χ2n) is 6.92. The van der Waals surface area contributed by atoms with Crippen molar-refractivity contribution in [1.29, 1.82) is 0 Å². The van der Waals surface area contributed by atoms with E-state index in [9.17, 15) is 0 Å². The molecule has 4 unspecified atom stereocenters. The zero-order valence-electron chi connectivity index (χ0n) is 12.3. The smallest absolute Gasteiger partial charge is 0.0458 e. The van der Waals surface area contributed by atoms with E-state index in [2.05, 4.69) is 47.6 Å². The summed E-state index contributed by atoms with van der Waals surface area (Å²) >= 11 is 2.26. The normalized spacial score (nSPS) is 44.4. The Morgan fingerprint density at radius 1 is 1.05 bits per heavy atom. The molecule has 0 aromatic rings. The van der Waals surface area contributed by atoms with Gasteiger partial charge in [-0.2, -0.15) is 11.8 Å². The molecule has 2 fully saturated rings. The van der Waals surface area contributed by atoms with Crippen molar-refractivity contribution in [3.05, 3.63) is 11.1 Å². The molecule has 2 bridgehead atoms. The monoisotopic (exact) mass is 279 g/mol. The highest BCUT2D eigenvalue weighted by Gasteiger charge is 2.48. The van der Waals surface area contributed by atoms with E-state index in [1.807, 2.05) is 0 Å². The van der Waals surface area contributed by atoms with Crippen molar-refractivity contribution >= 4 is 11.8 Å². The van der Waals surface area contributed by atoms with Crippen LogP contribution in [-0.2, 0) is 0 Å². The maximum atomic E-state index is 2.69. The van der Waals surface area contributed by atoms with Gasteiger partial charge in [0.05, 0.1) is 0 Å². The highest BCUT2D eigenvalue weighted by Crippen LogP contribution is 2.44. The van der Waals surface area contributed by atoms with Crippen LogP contribution in [0.15, 0.2) is 11.1 Å². The maximum Gasteiger partial charge on any atom is 0.0458 e. The zero-order valence-corrected chi connectivity index (χ0v) is 13.1. The van der Waals surface area contributed by atoms with E-state index in [0.717, 1.165) is 17.3 Å². The lowest BCUT2D eigenvalue weighted by Gasteiger charge is -2.42. The Bertz CT molecular complexity index is 422. The molecule has 4 heteroatoms. The van der Waals surface area contributed by atoms with E-state index >= 15 is 0 Å². The highest BCUT2D eigenvalue weighted by atomic mass is 32.2. The molecule has 4 aliphatic heterocycles. The van der Waals surface area contributed by atoms with Gasteiger partial charge >= 0.3 is 0 Å². The molecular formula is C15H25N3S. The largest absolute Gasteiger partial charge is 0.298 e. The second kappa shape index (κ2) is 4.48. The summed E-state index contributed by atoms with van der Waals surface area (Å²) in [6, 6.07) is 2.38. The van der Waals surface area contributed by atoms with Crippen LogP contribution in [0.5, 0.6) is 0 Å². The van der Waals surface area contributed by atoms with Gasteiger partial charge in [-0.05, 0) is 45.1 Å². The summed E-state index contributed by atoms with van der Waals surface area (Å²) in [6.45, 7) is 3.62. The third-order valence-corrected chi connectivity index (χ3v) is 7.23. The molecule has 0 spiro atoms. The van der Waals surface area contributed by atoms with E-state index < -0.39 is 0 Å². The van der Waals surface area contributed by atoms with Crippen LogP contribution in [-0.4, -0.2) is 84.6 Å². The summed E-state index contributed by atoms with van der Waals surface area (Å²) in [6.07, 6.45) is 2.84. The van der Waals surface area contributed by atoms with Crippen LogP contribution in [0.2, 0.25) is 0 Å². The summed E-state index contributed by atoms with van der Waals surface area (Å²) in [5, 5.41) is 0.799. The topological polar surface area (TPSA) is 9.72 Å². The first kappa shape index (κ1) is 12.7. The zero-order chi connectivity index (χ0) is 13.1. The van der Waals surface area contributed by atoms with E-state index in [-0.39, 0.29) is 0 Å². The van der Waals surface area contributed by atoms with E-state index in [1.165, 1.54) is 38.2 Å². The summed E-state index contributed by atoms with van der Waals surface area (Å²) in [4.78, 5) is 7.80. The predicted octanol–water partition coefficient (Wildman–Crippen LogP) is 1.12. The lowest BCUT2D eigenvalue weighted by molar-refractivity contribution is 0.194. The Kier molecular flexibility index (Phi) is 3.00. The average molecular weight is 279 g/mol. The molecule has 4 aliphatic rings. The van der Waals surface area contributed by atoms with Crippen LogP contribution in [0, 0.1) is 0 Å². The van der Waals surface area contributed by atoms with Gasteiger partial charge in [-0.3, -0.25) is 14.7 Å². The minimum absolute atomic E-state index is 0.705. The van der Waals surface area contributed by atoms with Crippen molar-refractivity contribution in [2.45, 2.75) is 36.2 Å². The summed E-state index contributed by atoms with van der Waals surface area (Å²) in [5.41, 5.74) is 3.49. The van der Waals surface area contributed by atoms with Gasteiger partial charge in [0, 0.05) is 48.8 Å². The van der Waals surface area contributed by atoms with Gasteiger partial charge in [0.25, 0.3) is 0 Å². The van der Waals surface area contributed by atoms with Gasteiger partial charge in [-0.25, -0.2) is 0 Å². The summed E-state index contributed by atoms with van der Waals surface area (Å²) in [7, 11) is 6.96. The van der Waals surface area contributed by atoms with Gasteiger partial charge in [-0.15, -0.1) is 0 Å². The molecule has 4 heterocycles. The van der Waals surface area contributed by atoms with Gasteiger partial charge in [-0.1, -0.05) is 0 Å². The second-order valence-corrected chi connectivity index (χ2v) is 8.13. The summed E-state index contributed by atoms with van der Waals surface area (Å²) < 4.78 is 0. The van der Waals surface area contributed by atoms with Crippen molar-refractivity contribution in [3.63, 3.8) is 0 Å². The van der Waals surface area contributed by atoms with Crippen molar-refractivity contribution in [2.24, 2.45) is 0 Å². The third-order valence-electron chi connectivity index (χ3n) is 5.69. The number of rotatable bonds is 1. The Labute approximate surface area is 121 Å². The molecule has 0 aromatic heterocycles. The molecule has 0 aliphatic carbocycles. The van der Waals surface area contributed by atoms with Crippen LogP contribution in [0.4, 0.5) is 0 Å². The van der Waals surface area contributed by atoms with E-state index in [1.54, 1.807) is 11.1 Å². The first-order valence-corrected chi connectivity index (χ1v) is 8.63. The Morgan fingerprint density at radius 2 is 1.89 bits per heavy atom. The Morgan fingerprint density at radius 3 is 2.74 bits per heavy atom. The van der Waals surface area contributed by atoms with Crippen LogP contribution < -0.4 is 0 Å². The standard InChI is InChI=1S/C15H25N3S/c1-16-6-10-7-17(2)14(12(10)8-16)15-13-5-4-11(9-19-15)18(13)3/h11,13-15H,4-9H2,1-3H3. The molecule has 0 aromatic carbocycles. The molecule has 0 radical (unpaired) electrons. The lowest BCUT2D eigenvalue weighted by atomic mass is 9.97. The number of thioether (sulfide) groups is 1. The highest BCUT2D eigenvalue weighted by molar-refractivity contribution is 8.00. The molecular weight excluding hydrogens is 254 g/mol. The molecule has 4 atom stereocenters. The number of fused-ring (bicyclic) bond motifs is 2. The van der Waals surface area contributed by atoms with Gasteiger partial charge in [0.2, 0.25) is 0 Å². The fourth-order valence-corrected chi connectivity index (χ4v) is 6.68. The Hall–Kier alpha value is -0.0300. The van der Waals surface area contributed by atoms with Crippen LogP contribution in [0.1, 0.15) is 12.8 Å². The average Bonchev–Trinajstić information content (AvgIpc) is 2.90. The number of likely N-dealkylation sites (N-methyl/N-ethyl adjacent to an activating group) is 2. The third kappa shape index (κ3) is 1.84. The Balaban J connectivity index is 1.61. The van der Waals surface area contributed by atoms with Crippen LogP contribution in [0.25, 0.3) is 0 Å². The number of nitrogens with zero attached hydrogens (tertiary/aromatic N) is 3. The molecule has 0 saturated carbocycles. The minimum atomic E-state index is 0.705. The molecule has 2 saturated heterocycles. The van der Waals surface area contributed by atoms with Crippen molar-refractivity contribution in [1.82, 2.24) is 14.7 Å². The van der Waals surface area contributed by atoms with Crippen molar-refractivity contribution in [3.8, 4) is 0 Å². The van der Waals surface area contributed by atoms with Crippen molar-refractivity contribution in [2.75, 3.05) is 46.5 Å². The van der Waals surface area contributed by atoms with Gasteiger partial charge in [0.15, 0.2) is 0 Å². The fourth-order valence-electron chi connectivity index (χ4n) is 4.73. The minimum Gasteiger partial charge on any atom is -0.298 e. The predicted molar refractivity (Wildman–Crippen MR) is 81.8 cm³/mol. The van der Waals surface area contributed by atoms with Crippen LogP contribution >= 0.6 is 11.8 Å². The number of hydrogen-bond donors (Lipinski definition) is 0. The first-order chi connectivity index (χ1) is 9.15. The maximum absolute atomic E-state index is 2.69.